The molecule has 0 aromatic heterocycles. The first-order valence-corrected chi connectivity index (χ1v) is 6.30. The van der Waals surface area contributed by atoms with Gasteiger partial charge >= 0.3 is 43.1 Å². The molecule has 1 nitrogen and oxygen atoms in total. The molecule has 0 heterocycles. The number of hydrogen-bond acceptors (Lipinski definition) is 1. The molecule has 0 aromatic carbocycles. The van der Waals surface area contributed by atoms with E-state index < -0.39 is 55.6 Å². The summed E-state index contributed by atoms with van der Waals surface area (Å²) in [4.78, 5) is 0. The van der Waals surface area contributed by atoms with Crippen molar-refractivity contribution in [3.63, 3.8) is 0 Å². The zero-order valence-electron chi connectivity index (χ0n) is 14.5. The normalized spacial score (nSPS) is 10.3. The minimum Gasteiger partial charge on any atom is -0.390 e. The van der Waals surface area contributed by atoms with Crippen LogP contribution in [-0.2, 0) is 0 Å². The Labute approximate surface area is 175 Å². The van der Waals surface area contributed by atoms with E-state index in [4.69, 9.17) is 5.11 Å². The average Bonchev–Trinajstić information content (AvgIpc) is 2.46. The highest BCUT2D eigenvalue weighted by Gasteiger charge is 2.39. The van der Waals surface area contributed by atoms with Crippen LogP contribution >= 0.6 is 0 Å². The summed E-state index contributed by atoms with van der Waals surface area (Å²) in [7, 11) is 0. The Morgan fingerprint density at radius 2 is 0.812 bits per heavy atom. The second-order valence-electron chi connectivity index (χ2n) is 4.53. The first-order chi connectivity index (χ1) is 12.0. The molecule has 0 saturated carbocycles. The summed E-state index contributed by atoms with van der Waals surface area (Å²) in [6.45, 7) is -0.741. The Balaban J connectivity index is -0.0000000386. The molecule has 206 valence electrons. The van der Waals surface area contributed by atoms with Gasteiger partial charge in [0.2, 0.25) is 0 Å². The molecular weight excluding hydrogens is 500 g/mol. The van der Waals surface area contributed by atoms with Crippen LogP contribution in [0.15, 0.2) is 11.9 Å². The van der Waals surface area contributed by atoms with Crippen LogP contribution < -0.4 is 0 Å². The molecule has 0 aromatic rings. The van der Waals surface area contributed by atoms with Gasteiger partial charge in [-0.2, -0.15) is 17.6 Å². The molecule has 0 atom stereocenters. The number of alkyl halides is 12. The molecule has 0 aliphatic heterocycles. The molecule has 1 N–H and O–H groups in total. The SMILES string of the molecule is C.C.C.CC(F)(F)C(F)F.CC(F)(F)C(F)F.CC(F)=C(F)F.F.OCC(F)(F)C(F)F. The summed E-state index contributed by atoms with van der Waals surface area (Å²) in [5, 5.41) is 7.53. The van der Waals surface area contributed by atoms with Crippen LogP contribution in [0.3, 0.4) is 0 Å². The molecule has 0 spiro atoms. The molecule has 0 rings (SSSR count). The van der Waals surface area contributed by atoms with Gasteiger partial charge in [-0.05, 0) is 6.92 Å². The molecule has 0 radical (unpaired) electrons. The van der Waals surface area contributed by atoms with Crippen molar-refractivity contribution in [1.82, 2.24) is 0 Å². The van der Waals surface area contributed by atoms with Gasteiger partial charge in [0.05, 0.1) is 0 Å². The minimum absolute atomic E-state index is 0. The molecule has 17 heteroatoms. The predicted octanol–water partition coefficient (Wildman–Crippen LogP) is 8.84. The Kier molecular flexibility index (Phi) is 37.3. The number of aliphatic hydroxyl groups is 1. The van der Waals surface area contributed by atoms with Crippen molar-refractivity contribution < 1.29 is 75.7 Å². The molecule has 0 unspecified atom stereocenters. The van der Waals surface area contributed by atoms with E-state index in [1.165, 1.54) is 0 Å². The standard InChI is InChI=1S/C3H4F4O.2C3H4F4.C3H3F3.3CH4.FH/c4-2(5)3(6,7)1-8;2*1-3(6,7)2(4)5;1-2(4)3(5)6;;;;/h2,8H,1H2;2*2H,1H3;1H3;3*1H4;1H. The third-order valence-corrected chi connectivity index (χ3v) is 1.56. The van der Waals surface area contributed by atoms with Crippen molar-refractivity contribution in [3.05, 3.63) is 11.9 Å². The van der Waals surface area contributed by atoms with Gasteiger partial charge < -0.3 is 5.11 Å². The molecule has 0 fully saturated rings. The van der Waals surface area contributed by atoms with Gasteiger partial charge in [-0.1, -0.05) is 22.3 Å². The topological polar surface area (TPSA) is 20.2 Å². The fourth-order valence-electron chi connectivity index (χ4n) is 0.0690. The van der Waals surface area contributed by atoms with E-state index in [0.29, 0.717) is 6.92 Å². The smallest absolute Gasteiger partial charge is 0.329 e. The molecular formula is C15H28F16O. The number of hydrogen-bond donors (Lipinski definition) is 1. The van der Waals surface area contributed by atoms with Crippen LogP contribution in [0.2, 0.25) is 0 Å². The van der Waals surface area contributed by atoms with Crippen LogP contribution in [0.4, 0.5) is 70.6 Å². The van der Waals surface area contributed by atoms with Crippen LogP contribution in [0.1, 0.15) is 43.1 Å². The lowest BCUT2D eigenvalue weighted by Crippen LogP contribution is -2.30. The maximum absolute atomic E-state index is 11.3. The van der Waals surface area contributed by atoms with Crippen molar-refractivity contribution >= 4 is 0 Å². The second-order valence-corrected chi connectivity index (χ2v) is 4.53. The van der Waals surface area contributed by atoms with Gasteiger partial charge in [0.25, 0.3) is 0 Å². The van der Waals surface area contributed by atoms with Crippen molar-refractivity contribution in [2.45, 2.75) is 80.1 Å². The highest BCUT2D eigenvalue weighted by molar-refractivity contribution is 4.84. The summed E-state index contributed by atoms with van der Waals surface area (Å²) in [6.07, 6.45) is -13.1. The number of halogens is 16. The van der Waals surface area contributed by atoms with E-state index in [1.807, 2.05) is 0 Å². The van der Waals surface area contributed by atoms with Crippen molar-refractivity contribution in [1.29, 1.82) is 0 Å². The number of aliphatic hydroxyl groups excluding tert-OH is 1. The lowest BCUT2D eigenvalue weighted by molar-refractivity contribution is -0.153. The molecule has 0 bridgehead atoms. The van der Waals surface area contributed by atoms with E-state index in [9.17, 15) is 65.9 Å². The van der Waals surface area contributed by atoms with Gasteiger partial charge in [-0.15, -0.1) is 0 Å². The maximum Gasteiger partial charge on any atom is 0.329 e. The zero-order chi connectivity index (χ0) is 24.1. The summed E-state index contributed by atoms with van der Waals surface area (Å²) >= 11 is 0. The summed E-state index contributed by atoms with van der Waals surface area (Å²) in [5.41, 5.74) is 0. The van der Waals surface area contributed by atoms with E-state index in [2.05, 4.69) is 0 Å². The molecule has 0 saturated heterocycles. The lowest BCUT2D eigenvalue weighted by Gasteiger charge is -2.09. The Hall–Kier alpha value is -1.42. The summed E-state index contributed by atoms with van der Waals surface area (Å²) in [5.74, 6) is -13.3. The van der Waals surface area contributed by atoms with Crippen LogP contribution in [-0.4, -0.2) is 48.8 Å². The maximum atomic E-state index is 11.3. The lowest BCUT2D eigenvalue weighted by atomic mass is 10.4. The molecule has 0 aliphatic rings. The largest absolute Gasteiger partial charge is 0.390 e. The Morgan fingerprint density at radius 3 is 0.812 bits per heavy atom. The van der Waals surface area contributed by atoms with Gasteiger partial charge in [0, 0.05) is 13.8 Å². The third kappa shape index (κ3) is 39.1. The van der Waals surface area contributed by atoms with Gasteiger partial charge in [-0.25, -0.2) is 48.3 Å². The van der Waals surface area contributed by atoms with E-state index in [-0.39, 0.29) is 40.8 Å². The summed E-state index contributed by atoms with van der Waals surface area (Å²) < 4.78 is 164. The van der Waals surface area contributed by atoms with Gasteiger partial charge in [-0.3, -0.25) is 4.70 Å². The second kappa shape index (κ2) is 22.8. The first kappa shape index (κ1) is 52.5. The van der Waals surface area contributed by atoms with Crippen molar-refractivity contribution in [3.8, 4) is 0 Å². The molecule has 0 aliphatic carbocycles. The number of rotatable bonds is 4. The van der Waals surface area contributed by atoms with E-state index in [0.717, 1.165) is 0 Å². The number of allylic oxidation sites excluding steroid dienone is 1. The quantitative estimate of drug-likeness (QED) is 0.362. The zero-order valence-corrected chi connectivity index (χ0v) is 14.5. The first-order valence-electron chi connectivity index (χ1n) is 6.30. The monoisotopic (exact) mass is 528 g/mol. The van der Waals surface area contributed by atoms with Crippen LogP contribution in [0.5, 0.6) is 0 Å². The Bertz CT molecular complexity index is 377. The van der Waals surface area contributed by atoms with Crippen molar-refractivity contribution in [2.24, 2.45) is 0 Å². The molecule has 32 heavy (non-hydrogen) atoms. The Morgan fingerprint density at radius 1 is 0.656 bits per heavy atom. The fraction of sp³-hybridized carbons (Fsp3) is 0.867. The predicted molar refractivity (Wildman–Crippen MR) is 90.0 cm³/mol. The van der Waals surface area contributed by atoms with Gasteiger partial charge in [0.15, 0.2) is 5.83 Å². The van der Waals surface area contributed by atoms with E-state index >= 15 is 0 Å². The highest BCUT2D eigenvalue weighted by atomic mass is 19.3. The average molecular weight is 528 g/mol. The van der Waals surface area contributed by atoms with E-state index in [1.54, 1.807) is 0 Å². The van der Waals surface area contributed by atoms with Crippen LogP contribution in [0.25, 0.3) is 0 Å². The molecule has 0 amide bonds. The summed E-state index contributed by atoms with van der Waals surface area (Å²) in [6, 6.07) is 0. The van der Waals surface area contributed by atoms with Crippen LogP contribution in [0, 0.1) is 0 Å². The van der Waals surface area contributed by atoms with Crippen molar-refractivity contribution in [2.75, 3.05) is 6.61 Å². The third-order valence-electron chi connectivity index (χ3n) is 1.56. The highest BCUT2D eigenvalue weighted by Crippen LogP contribution is 2.21. The fourth-order valence-corrected chi connectivity index (χ4v) is 0.0690. The van der Waals surface area contributed by atoms with Gasteiger partial charge in [0.1, 0.15) is 6.61 Å². The minimum atomic E-state index is -4.24.